The molecule has 3 N–H and O–H groups in total. The number of amides is 3. The number of benzene rings is 2. The molecule has 6 atom stereocenters. The van der Waals surface area contributed by atoms with Crippen molar-refractivity contribution in [2.75, 3.05) is 33.4 Å². The van der Waals surface area contributed by atoms with E-state index in [0.29, 0.717) is 43.6 Å². The Balaban J connectivity index is 2.05. The summed E-state index contributed by atoms with van der Waals surface area (Å²) in [6.07, 6.45) is 2.15. The summed E-state index contributed by atoms with van der Waals surface area (Å²) in [4.78, 5) is 44.8. The molecule has 0 aliphatic carbocycles. The third-order valence-corrected chi connectivity index (χ3v) is 11.6. The minimum Gasteiger partial charge on any atom is -0.444 e. The van der Waals surface area contributed by atoms with Gasteiger partial charge in [-0.2, -0.15) is 0 Å². The number of likely N-dealkylation sites (tertiary alicyclic amines) is 1. The number of carbonyl (C=O) groups excluding carboxylic acids is 3. The molecule has 3 rings (SSSR count). The van der Waals surface area contributed by atoms with E-state index in [1.807, 2.05) is 87.2 Å². The average Bonchev–Trinajstić information content (AvgIpc) is 3.12. The van der Waals surface area contributed by atoms with Gasteiger partial charge in [0.05, 0.1) is 18.8 Å². The monoisotopic (exact) mass is 813 g/mol. The van der Waals surface area contributed by atoms with Crippen molar-refractivity contribution in [3.63, 3.8) is 0 Å². The smallest absolute Gasteiger partial charge is 0.407 e. The molecule has 2 aromatic carbocycles. The number of alkyl carbamates (subject to hydrolysis) is 1. The molecule has 0 aromatic heterocycles. The molecule has 0 spiro atoms. The van der Waals surface area contributed by atoms with Crippen LogP contribution in [0, 0.1) is 23.2 Å². The highest BCUT2D eigenvalue weighted by Crippen LogP contribution is 2.41. The SMILES string of the molecule is CC[C@H](C)[C@H](NC(=O)[C@@H](Cc1cccc(Cl)c1)C[C@H]([C@H](NC(=O)OC(C)(C)C)C(O[Si](C)C)c1ccccc1)C(C)(C)C)C(=O)N1CCC(NCCOC)CC1. The van der Waals surface area contributed by atoms with E-state index in [1.54, 1.807) is 7.11 Å². The molecule has 10 nitrogen and oxygen atoms in total. The number of piperidine rings is 1. The number of carbonyl (C=O) groups is 3. The molecule has 2 aromatic rings. The van der Waals surface area contributed by atoms with Crippen molar-refractivity contribution in [2.45, 2.75) is 130 Å². The van der Waals surface area contributed by atoms with Gasteiger partial charge in [-0.15, -0.1) is 0 Å². The number of hydrogen-bond acceptors (Lipinski definition) is 7. The van der Waals surface area contributed by atoms with Crippen molar-refractivity contribution >= 4 is 38.5 Å². The molecule has 3 amide bonds. The summed E-state index contributed by atoms with van der Waals surface area (Å²) in [5.74, 6) is -1.17. The Labute approximate surface area is 344 Å². The van der Waals surface area contributed by atoms with E-state index in [-0.39, 0.29) is 23.7 Å². The topological polar surface area (TPSA) is 118 Å². The molecule has 12 heteroatoms. The first-order valence-corrected chi connectivity index (χ1v) is 23.2. The summed E-state index contributed by atoms with van der Waals surface area (Å²) in [5.41, 5.74) is 0.719. The second kappa shape index (κ2) is 22.3. The van der Waals surface area contributed by atoms with E-state index >= 15 is 0 Å². The van der Waals surface area contributed by atoms with Crippen LogP contribution >= 0.6 is 11.6 Å². The molecule has 1 fully saturated rings. The maximum Gasteiger partial charge on any atom is 0.407 e. The fourth-order valence-electron chi connectivity index (χ4n) is 7.47. The Hall–Kier alpha value is -2.96. The van der Waals surface area contributed by atoms with Gasteiger partial charge in [-0.3, -0.25) is 9.59 Å². The van der Waals surface area contributed by atoms with Crippen LogP contribution in [-0.4, -0.2) is 88.9 Å². The number of hydrogen-bond donors (Lipinski definition) is 3. The summed E-state index contributed by atoms with van der Waals surface area (Å²) in [6.45, 7) is 22.9. The van der Waals surface area contributed by atoms with E-state index in [4.69, 9.17) is 25.5 Å². The second-order valence-corrected chi connectivity index (χ2v) is 20.2. The fourth-order valence-corrected chi connectivity index (χ4v) is 8.48. The van der Waals surface area contributed by atoms with E-state index < -0.39 is 50.3 Å². The van der Waals surface area contributed by atoms with Crippen LogP contribution in [0.15, 0.2) is 54.6 Å². The minimum atomic E-state index is -1.26. The molecular weight excluding hydrogens is 744 g/mol. The van der Waals surface area contributed by atoms with Gasteiger partial charge in [0.1, 0.15) is 11.6 Å². The number of nitrogens with one attached hydrogen (secondary N) is 3. The fraction of sp³-hybridized carbons (Fsp3) is 0.659. The summed E-state index contributed by atoms with van der Waals surface area (Å²) >= 11 is 6.49. The summed E-state index contributed by atoms with van der Waals surface area (Å²) < 4.78 is 17.8. The van der Waals surface area contributed by atoms with E-state index in [9.17, 15) is 14.4 Å². The van der Waals surface area contributed by atoms with Crippen LogP contribution in [0.4, 0.5) is 4.79 Å². The van der Waals surface area contributed by atoms with Gasteiger partial charge in [0.2, 0.25) is 20.9 Å². The first-order chi connectivity index (χ1) is 26.3. The molecule has 1 saturated heterocycles. The van der Waals surface area contributed by atoms with Crippen LogP contribution in [0.2, 0.25) is 18.1 Å². The standard InChI is InChI=1S/C44H70ClN4O6Si/c1-12-30(2)37(41(51)49-24-21-35(22-25-49)46-23-26-53-9)47-40(50)33(27-31-17-16-20-34(45)28-31)29-36(43(3,4)5)38(48-42(52)54-44(6,7)8)39(55-56(10)11)32-18-14-13-15-19-32/h13-20,28,30,33,35-39,46H,12,21-27,29H2,1-11H3,(H,47,50)(H,48,52)/t30-,33-,36+,37-,38-,39?/m0/s1. The minimum absolute atomic E-state index is 0.0421. The summed E-state index contributed by atoms with van der Waals surface area (Å²) in [5, 5.41) is 10.6. The predicted octanol–water partition coefficient (Wildman–Crippen LogP) is 8.21. The van der Waals surface area contributed by atoms with Crippen molar-refractivity contribution in [1.29, 1.82) is 0 Å². The van der Waals surface area contributed by atoms with Gasteiger partial charge in [0.15, 0.2) is 0 Å². The average molecular weight is 815 g/mol. The first-order valence-electron chi connectivity index (χ1n) is 20.4. The zero-order chi connectivity index (χ0) is 41.6. The van der Waals surface area contributed by atoms with Gasteiger partial charge in [-0.1, -0.05) is 95.1 Å². The largest absolute Gasteiger partial charge is 0.444 e. The molecule has 0 saturated carbocycles. The lowest BCUT2D eigenvalue weighted by molar-refractivity contribution is -0.140. The second-order valence-electron chi connectivity index (χ2n) is 17.7. The van der Waals surface area contributed by atoms with Gasteiger partial charge in [0.25, 0.3) is 0 Å². The van der Waals surface area contributed by atoms with E-state index in [1.165, 1.54) is 0 Å². The van der Waals surface area contributed by atoms with E-state index in [2.05, 4.69) is 56.7 Å². The Bertz CT molecular complexity index is 1510. The van der Waals surface area contributed by atoms with Crippen molar-refractivity contribution in [2.24, 2.45) is 23.2 Å². The van der Waals surface area contributed by atoms with Crippen molar-refractivity contribution in [3.05, 3.63) is 70.7 Å². The van der Waals surface area contributed by atoms with Crippen LogP contribution in [0.3, 0.4) is 0 Å². The number of nitrogens with zero attached hydrogens (tertiary/aromatic N) is 1. The molecule has 313 valence electrons. The maximum atomic E-state index is 14.9. The van der Waals surface area contributed by atoms with Gasteiger partial charge in [0, 0.05) is 43.7 Å². The number of methoxy groups -OCH3 is 1. The zero-order valence-electron chi connectivity index (χ0n) is 35.9. The predicted molar refractivity (Wildman–Crippen MR) is 228 cm³/mol. The van der Waals surface area contributed by atoms with Gasteiger partial charge in [-0.25, -0.2) is 4.79 Å². The van der Waals surface area contributed by atoms with Crippen LogP contribution in [0.1, 0.15) is 98.3 Å². The molecule has 1 heterocycles. The third-order valence-electron chi connectivity index (χ3n) is 10.6. The van der Waals surface area contributed by atoms with Crippen LogP contribution in [0.5, 0.6) is 0 Å². The third kappa shape index (κ3) is 15.4. The number of rotatable bonds is 19. The summed E-state index contributed by atoms with van der Waals surface area (Å²) in [7, 11) is 0.428. The zero-order valence-corrected chi connectivity index (χ0v) is 37.6. The summed E-state index contributed by atoms with van der Waals surface area (Å²) in [6, 6.07) is 16.6. The normalized spacial score (nSPS) is 17.4. The highest BCUT2D eigenvalue weighted by Gasteiger charge is 2.43. The van der Waals surface area contributed by atoms with Crippen molar-refractivity contribution in [1.82, 2.24) is 20.9 Å². The Morgan fingerprint density at radius 1 is 0.964 bits per heavy atom. The highest BCUT2D eigenvalue weighted by atomic mass is 35.5. The van der Waals surface area contributed by atoms with Crippen LogP contribution < -0.4 is 16.0 Å². The van der Waals surface area contributed by atoms with Gasteiger partial charge in [-0.05, 0) is 100 Å². The molecule has 1 unspecified atom stereocenters. The van der Waals surface area contributed by atoms with Crippen LogP contribution in [-0.2, 0) is 29.9 Å². The Kier molecular flexibility index (Phi) is 18.8. The Morgan fingerprint density at radius 2 is 1.62 bits per heavy atom. The van der Waals surface area contributed by atoms with Crippen molar-refractivity contribution < 1.29 is 28.3 Å². The van der Waals surface area contributed by atoms with E-state index in [0.717, 1.165) is 36.9 Å². The quantitative estimate of drug-likeness (QED) is 0.0967. The van der Waals surface area contributed by atoms with Crippen molar-refractivity contribution in [3.8, 4) is 0 Å². The molecular formula is C44H70ClN4O6Si. The molecule has 1 radical (unpaired) electrons. The lowest BCUT2D eigenvalue weighted by Crippen LogP contribution is -2.56. The molecule has 0 bridgehead atoms. The molecule has 56 heavy (non-hydrogen) atoms. The lowest BCUT2D eigenvalue weighted by atomic mass is 9.69. The van der Waals surface area contributed by atoms with Gasteiger partial charge >= 0.3 is 6.09 Å². The maximum absolute atomic E-state index is 14.9. The van der Waals surface area contributed by atoms with Crippen LogP contribution in [0.25, 0.3) is 0 Å². The highest BCUT2D eigenvalue weighted by molar-refractivity contribution is 6.48. The number of halogens is 1. The molecule has 1 aliphatic heterocycles. The lowest BCUT2D eigenvalue weighted by Gasteiger charge is -2.43. The Morgan fingerprint density at radius 3 is 2.18 bits per heavy atom. The van der Waals surface area contributed by atoms with Gasteiger partial charge < -0.3 is 34.8 Å². The number of ether oxygens (including phenoxy) is 2. The first kappa shape index (κ1) is 47.4. The molecule has 1 aliphatic rings.